The number of carbonyl (C=O) groups is 1. The van der Waals surface area contributed by atoms with E-state index < -0.39 is 0 Å². The number of carbonyl (C=O) groups excluding carboxylic acids is 1. The smallest absolute Gasteiger partial charge is 0.238 e. The van der Waals surface area contributed by atoms with E-state index in [-0.39, 0.29) is 5.91 Å². The van der Waals surface area contributed by atoms with Gasteiger partial charge in [-0.25, -0.2) is 0 Å². The first kappa shape index (κ1) is 24.9. The molecule has 2 heterocycles. The van der Waals surface area contributed by atoms with E-state index in [1.807, 2.05) is 0 Å². The summed E-state index contributed by atoms with van der Waals surface area (Å²) in [7, 11) is 1.76. The first-order valence-corrected chi connectivity index (χ1v) is 13.7. The fourth-order valence-electron chi connectivity index (χ4n) is 6.22. The van der Waals surface area contributed by atoms with Gasteiger partial charge in [0.1, 0.15) is 5.75 Å². The molecule has 7 heteroatoms. The standard InChI is InChI=1S/C28H35Cl2N3O2/c1-35-25-12-20-6-9-32(18-28(34)31-23-14-21(29)13-22(30)15-23)17-27(20)26(16-25)19-7-10-33(11-8-19)24-4-2-3-5-24/h12-16,19,24H,2-11,17-18H2,1H3,(H,31,34). The number of benzene rings is 2. The lowest BCUT2D eigenvalue weighted by Crippen LogP contribution is -2.40. The molecule has 188 valence electrons. The maximum absolute atomic E-state index is 12.8. The molecule has 2 aromatic rings. The summed E-state index contributed by atoms with van der Waals surface area (Å²) in [4.78, 5) is 17.8. The SMILES string of the molecule is COc1cc2c(c(C3CCN(C4CCCC4)CC3)c1)CN(CC(=O)Nc1cc(Cl)cc(Cl)c1)CC2. The van der Waals surface area contributed by atoms with Gasteiger partial charge in [0, 0.05) is 34.9 Å². The first-order valence-electron chi connectivity index (χ1n) is 12.9. The van der Waals surface area contributed by atoms with Gasteiger partial charge in [0.2, 0.25) is 5.91 Å². The Balaban J connectivity index is 1.27. The monoisotopic (exact) mass is 515 g/mol. The molecule has 1 aliphatic carbocycles. The molecule has 2 aliphatic heterocycles. The zero-order valence-electron chi connectivity index (χ0n) is 20.5. The highest BCUT2D eigenvalue weighted by Crippen LogP contribution is 2.38. The van der Waals surface area contributed by atoms with Crippen molar-refractivity contribution in [1.82, 2.24) is 9.80 Å². The molecule has 5 rings (SSSR count). The molecular formula is C28H35Cl2N3O2. The van der Waals surface area contributed by atoms with Crippen LogP contribution in [0, 0.1) is 0 Å². The molecule has 0 bridgehead atoms. The van der Waals surface area contributed by atoms with E-state index in [0.29, 0.717) is 28.2 Å². The number of piperidine rings is 1. The zero-order chi connectivity index (χ0) is 24.4. The van der Waals surface area contributed by atoms with Crippen LogP contribution >= 0.6 is 23.2 Å². The van der Waals surface area contributed by atoms with E-state index in [0.717, 1.165) is 31.3 Å². The highest BCUT2D eigenvalue weighted by Gasteiger charge is 2.31. The van der Waals surface area contributed by atoms with Crippen LogP contribution in [-0.2, 0) is 17.8 Å². The third kappa shape index (κ3) is 5.96. The number of likely N-dealkylation sites (tertiary alicyclic amines) is 1. The lowest BCUT2D eigenvalue weighted by molar-refractivity contribution is -0.117. The molecule has 0 atom stereocenters. The number of nitrogens with one attached hydrogen (secondary N) is 1. The van der Waals surface area contributed by atoms with Gasteiger partial charge in [-0.2, -0.15) is 0 Å². The highest BCUT2D eigenvalue weighted by atomic mass is 35.5. The van der Waals surface area contributed by atoms with E-state index >= 15 is 0 Å². The molecule has 0 aromatic heterocycles. The Hall–Kier alpha value is -1.79. The average Bonchev–Trinajstić information content (AvgIpc) is 3.38. The predicted octanol–water partition coefficient (Wildman–Crippen LogP) is 6.12. The van der Waals surface area contributed by atoms with Gasteiger partial charge < -0.3 is 15.0 Å². The first-order chi connectivity index (χ1) is 17.0. The van der Waals surface area contributed by atoms with Crippen molar-refractivity contribution in [2.75, 3.05) is 38.6 Å². The average molecular weight is 517 g/mol. The second kappa shape index (κ2) is 11.1. The summed E-state index contributed by atoms with van der Waals surface area (Å²) in [6.07, 6.45) is 8.85. The Morgan fingerprint density at radius 3 is 2.40 bits per heavy atom. The summed E-state index contributed by atoms with van der Waals surface area (Å²) in [6.45, 7) is 4.37. The van der Waals surface area contributed by atoms with Gasteiger partial charge in [-0.3, -0.25) is 9.69 Å². The lowest BCUT2D eigenvalue weighted by Gasteiger charge is -2.38. The summed E-state index contributed by atoms with van der Waals surface area (Å²) in [5.41, 5.74) is 4.83. The molecule has 1 amide bonds. The number of fused-ring (bicyclic) bond motifs is 1. The Kier molecular flexibility index (Phi) is 7.88. The van der Waals surface area contributed by atoms with Crippen LogP contribution in [0.4, 0.5) is 5.69 Å². The number of nitrogens with zero attached hydrogens (tertiary/aromatic N) is 2. The van der Waals surface area contributed by atoms with Crippen LogP contribution in [0.1, 0.15) is 61.1 Å². The number of rotatable bonds is 6. The van der Waals surface area contributed by atoms with Crippen LogP contribution in [0.15, 0.2) is 30.3 Å². The molecule has 3 aliphatic rings. The molecule has 0 spiro atoms. The van der Waals surface area contributed by atoms with Crippen molar-refractivity contribution in [3.63, 3.8) is 0 Å². The molecule has 35 heavy (non-hydrogen) atoms. The Morgan fingerprint density at radius 1 is 1.00 bits per heavy atom. The van der Waals surface area contributed by atoms with Crippen molar-refractivity contribution in [2.45, 2.75) is 63.5 Å². The van der Waals surface area contributed by atoms with E-state index in [9.17, 15) is 4.79 Å². The van der Waals surface area contributed by atoms with Gasteiger partial charge in [0.25, 0.3) is 0 Å². The molecule has 2 fully saturated rings. The second-order valence-electron chi connectivity index (χ2n) is 10.3. The second-order valence-corrected chi connectivity index (χ2v) is 11.1. The van der Waals surface area contributed by atoms with Gasteiger partial charge >= 0.3 is 0 Å². The number of hydrogen-bond donors (Lipinski definition) is 1. The molecule has 1 saturated carbocycles. The van der Waals surface area contributed by atoms with E-state index in [2.05, 4.69) is 27.2 Å². The van der Waals surface area contributed by atoms with Crippen molar-refractivity contribution >= 4 is 34.8 Å². The van der Waals surface area contributed by atoms with Crippen molar-refractivity contribution < 1.29 is 9.53 Å². The number of ether oxygens (including phenoxy) is 1. The number of hydrogen-bond acceptors (Lipinski definition) is 4. The molecule has 2 aromatic carbocycles. The maximum Gasteiger partial charge on any atom is 0.238 e. The maximum atomic E-state index is 12.8. The van der Waals surface area contributed by atoms with Crippen LogP contribution < -0.4 is 10.1 Å². The molecule has 1 saturated heterocycles. The topological polar surface area (TPSA) is 44.8 Å². The van der Waals surface area contributed by atoms with E-state index in [1.165, 1.54) is 68.3 Å². The number of methoxy groups -OCH3 is 1. The number of anilines is 1. The van der Waals surface area contributed by atoms with Crippen molar-refractivity contribution in [1.29, 1.82) is 0 Å². The van der Waals surface area contributed by atoms with Gasteiger partial charge in [0.05, 0.1) is 13.7 Å². The third-order valence-corrected chi connectivity index (χ3v) is 8.43. The molecule has 0 unspecified atom stereocenters. The summed E-state index contributed by atoms with van der Waals surface area (Å²) < 4.78 is 5.68. The van der Waals surface area contributed by atoms with Crippen LogP contribution in [-0.4, -0.2) is 55.0 Å². The summed E-state index contributed by atoms with van der Waals surface area (Å²) >= 11 is 12.2. The minimum absolute atomic E-state index is 0.0493. The van der Waals surface area contributed by atoms with Gasteiger partial charge in [-0.1, -0.05) is 36.0 Å². The fourth-order valence-corrected chi connectivity index (χ4v) is 6.74. The molecule has 5 nitrogen and oxygen atoms in total. The minimum atomic E-state index is -0.0493. The predicted molar refractivity (Wildman–Crippen MR) is 143 cm³/mol. The third-order valence-electron chi connectivity index (χ3n) is 7.99. The van der Waals surface area contributed by atoms with E-state index in [4.69, 9.17) is 27.9 Å². The highest BCUT2D eigenvalue weighted by molar-refractivity contribution is 6.35. The van der Waals surface area contributed by atoms with Crippen LogP contribution in [0.3, 0.4) is 0 Å². The summed E-state index contributed by atoms with van der Waals surface area (Å²) in [6, 6.07) is 10.4. The molecule has 1 N–H and O–H groups in total. The van der Waals surface area contributed by atoms with Crippen molar-refractivity contribution in [3.8, 4) is 5.75 Å². The molecular weight excluding hydrogens is 481 g/mol. The Bertz CT molecular complexity index is 1040. The minimum Gasteiger partial charge on any atom is -0.497 e. The number of halogens is 2. The quantitative estimate of drug-likeness (QED) is 0.503. The zero-order valence-corrected chi connectivity index (χ0v) is 22.0. The van der Waals surface area contributed by atoms with Crippen LogP contribution in [0.25, 0.3) is 0 Å². The normalized spacial score (nSPS) is 20.1. The van der Waals surface area contributed by atoms with Crippen molar-refractivity contribution in [2.24, 2.45) is 0 Å². The lowest BCUT2D eigenvalue weighted by atomic mass is 9.82. The Labute approximate surface area is 218 Å². The van der Waals surface area contributed by atoms with Crippen molar-refractivity contribution in [3.05, 3.63) is 57.1 Å². The summed E-state index contributed by atoms with van der Waals surface area (Å²) in [5, 5.41) is 3.97. The van der Waals surface area contributed by atoms with E-state index in [1.54, 1.807) is 25.3 Å². The Morgan fingerprint density at radius 2 is 1.71 bits per heavy atom. The van der Waals surface area contributed by atoms with Crippen LogP contribution in [0.5, 0.6) is 5.75 Å². The fraction of sp³-hybridized carbons (Fsp3) is 0.536. The van der Waals surface area contributed by atoms with Crippen LogP contribution in [0.2, 0.25) is 10.0 Å². The largest absolute Gasteiger partial charge is 0.497 e. The van der Waals surface area contributed by atoms with Gasteiger partial charge in [0.15, 0.2) is 0 Å². The summed E-state index contributed by atoms with van der Waals surface area (Å²) in [5.74, 6) is 1.46. The van der Waals surface area contributed by atoms with Gasteiger partial charge in [-0.15, -0.1) is 0 Å². The molecule has 0 radical (unpaired) electrons. The van der Waals surface area contributed by atoms with Gasteiger partial charge in [-0.05, 0) is 98.1 Å². The number of amides is 1.